The summed E-state index contributed by atoms with van der Waals surface area (Å²) in [6.45, 7) is 22.0. The van der Waals surface area contributed by atoms with E-state index in [9.17, 15) is 26.4 Å². The van der Waals surface area contributed by atoms with E-state index in [0.717, 1.165) is 60.8 Å². The van der Waals surface area contributed by atoms with Crippen LogP contribution in [0.4, 0.5) is 0 Å². The number of ether oxygens (including phenoxy) is 1. The van der Waals surface area contributed by atoms with Crippen LogP contribution in [0.3, 0.4) is 0 Å². The highest BCUT2D eigenvalue weighted by atomic mass is 32.2. The Morgan fingerprint density at radius 1 is 0.410 bits per heavy atom. The summed E-state index contributed by atoms with van der Waals surface area (Å²) < 4.78 is 130. The summed E-state index contributed by atoms with van der Waals surface area (Å²) in [6, 6.07) is 14.7. The van der Waals surface area contributed by atoms with Gasteiger partial charge in [-0.3, -0.25) is 9.59 Å². The number of methoxy groups -OCH3 is 1. The first-order chi connectivity index (χ1) is 38.9. The maximum Gasteiger partial charge on any atom is 0.305 e. The highest BCUT2D eigenvalue weighted by molar-refractivity contribution is 7.90. The number of carbonyl (C=O) groups is 2. The number of hydrogen-bond donors (Lipinski definition) is 1. The fourth-order valence-corrected chi connectivity index (χ4v) is 20.3. The van der Waals surface area contributed by atoms with Gasteiger partial charge in [0.15, 0.2) is 0 Å². The molecule has 0 heterocycles. The highest BCUT2D eigenvalue weighted by Gasteiger charge is 2.35. The summed E-state index contributed by atoms with van der Waals surface area (Å²) in [5.74, 6) is -0.420. The Morgan fingerprint density at radius 2 is 0.687 bits per heavy atom. The van der Waals surface area contributed by atoms with Gasteiger partial charge in [-0.2, -0.15) is 17.2 Å². The Kier molecular flexibility index (Phi) is 25.6. The number of amides is 1. The highest BCUT2D eigenvalue weighted by Crippen LogP contribution is 2.33. The molecule has 1 N–H and O–H groups in total. The topological polar surface area (TPSA) is 205 Å². The minimum atomic E-state index is -4.28. The van der Waals surface area contributed by atoms with Crippen molar-refractivity contribution in [1.82, 2.24) is 22.5 Å². The van der Waals surface area contributed by atoms with Gasteiger partial charge in [-0.1, -0.05) is 96.5 Å². The van der Waals surface area contributed by atoms with Gasteiger partial charge in [0.05, 0.1) is 26.7 Å². The second-order valence-electron chi connectivity index (χ2n) is 23.4. The van der Waals surface area contributed by atoms with E-state index in [0.29, 0.717) is 63.9 Å². The van der Waals surface area contributed by atoms with Crippen molar-refractivity contribution in [2.75, 3.05) is 66.0 Å². The van der Waals surface area contributed by atoms with Crippen molar-refractivity contribution < 1.29 is 48.0 Å². The average molecular weight is 1230 g/mol. The quantitative estimate of drug-likeness (QED) is 0.0285. The molecule has 0 saturated heterocycles. The smallest absolute Gasteiger partial charge is 0.305 e. The number of sulfonamides is 4. The Bertz CT molecular complexity index is 3280. The van der Waals surface area contributed by atoms with Crippen LogP contribution in [0, 0.1) is 89.0 Å². The molecule has 0 spiro atoms. The molecule has 0 unspecified atom stereocenters. The van der Waals surface area contributed by atoms with Crippen molar-refractivity contribution in [3.05, 3.63) is 115 Å². The molecule has 4 aromatic rings. The number of rotatable bonds is 31. The van der Waals surface area contributed by atoms with Gasteiger partial charge < -0.3 is 10.1 Å². The molecule has 1 aliphatic rings. The van der Waals surface area contributed by atoms with Crippen LogP contribution >= 0.6 is 0 Å². The molecule has 1 fully saturated rings. The van der Waals surface area contributed by atoms with Crippen LogP contribution in [0.15, 0.2) is 68.1 Å². The maximum absolute atomic E-state index is 15.2. The van der Waals surface area contributed by atoms with Gasteiger partial charge in [0.2, 0.25) is 46.0 Å². The van der Waals surface area contributed by atoms with E-state index in [-0.39, 0.29) is 128 Å². The molecule has 1 aliphatic carbocycles. The Morgan fingerprint density at radius 3 is 1.00 bits per heavy atom. The molecule has 16 nitrogen and oxygen atoms in total. The molecule has 0 bridgehead atoms. The molecule has 4 aromatic carbocycles. The minimum Gasteiger partial charge on any atom is -0.469 e. The monoisotopic (exact) mass is 1230 g/mol. The summed E-state index contributed by atoms with van der Waals surface area (Å²) in [5, 5.41) is 2.87. The summed E-state index contributed by atoms with van der Waals surface area (Å²) in [6.07, 6.45) is 8.01. The fraction of sp³-hybridized carbons (Fsp3) is 0.587. The van der Waals surface area contributed by atoms with Crippen molar-refractivity contribution in [1.29, 1.82) is 0 Å². The third-order valence-corrected chi connectivity index (χ3v) is 24.6. The van der Waals surface area contributed by atoms with Crippen molar-refractivity contribution in [2.45, 2.75) is 193 Å². The van der Waals surface area contributed by atoms with Gasteiger partial charge in [0.25, 0.3) is 0 Å². The van der Waals surface area contributed by atoms with Gasteiger partial charge >= 0.3 is 5.97 Å². The zero-order valence-electron chi connectivity index (χ0n) is 51.9. The van der Waals surface area contributed by atoms with Gasteiger partial charge in [-0.05, 0) is 185 Å². The van der Waals surface area contributed by atoms with Crippen molar-refractivity contribution >= 4 is 52.0 Å². The van der Waals surface area contributed by atoms with Crippen LogP contribution in [0.5, 0.6) is 0 Å². The van der Waals surface area contributed by atoms with Crippen molar-refractivity contribution in [2.24, 2.45) is 5.92 Å². The SMILES string of the molecule is COC(=O)CCCCC(=O)NCCCN(CCCN(CCCN(CCCN(CC1CCCCCC1)S(=O)(=O)c1c(C)cc(C)cc1C)S(=O)(=O)c1c(C)cc(C)cc1C)S(=O)(=O)c1c(C)cc(C)cc1C)S(=O)(=O)c1c(C)cc(C)cc1C. The number of unbranched alkanes of at least 4 members (excludes halogenated alkanes) is 1. The molecule has 1 amide bonds. The maximum atomic E-state index is 15.2. The fourth-order valence-electron chi connectivity index (χ4n) is 12.5. The molecular formula is C63H95N5O11S4. The molecular weight excluding hydrogens is 1130 g/mol. The first-order valence-corrected chi connectivity index (χ1v) is 35.3. The summed E-state index contributed by atoms with van der Waals surface area (Å²) in [7, 11) is -15.4. The lowest BCUT2D eigenvalue weighted by Gasteiger charge is -2.30. The van der Waals surface area contributed by atoms with Crippen molar-refractivity contribution in [3.8, 4) is 0 Å². The van der Waals surface area contributed by atoms with E-state index in [1.54, 1.807) is 58.0 Å². The Labute approximate surface area is 499 Å². The second kappa shape index (κ2) is 30.7. The number of aryl methyl sites for hydroxylation is 12. The van der Waals surface area contributed by atoms with Crippen LogP contribution in [0.25, 0.3) is 0 Å². The van der Waals surface area contributed by atoms with Crippen LogP contribution in [-0.2, 0) is 54.4 Å². The van der Waals surface area contributed by atoms with Gasteiger partial charge in [0.1, 0.15) is 0 Å². The average Bonchev–Trinajstić information content (AvgIpc) is 2.50. The molecule has 83 heavy (non-hydrogen) atoms. The Hall–Kier alpha value is -4.54. The third-order valence-electron chi connectivity index (χ3n) is 15.9. The molecule has 0 aliphatic heterocycles. The molecule has 0 radical (unpaired) electrons. The lowest BCUT2D eigenvalue weighted by molar-refractivity contribution is -0.140. The minimum absolute atomic E-state index is 0.0227. The molecule has 0 atom stereocenters. The zero-order valence-corrected chi connectivity index (χ0v) is 55.1. The predicted molar refractivity (Wildman–Crippen MR) is 331 cm³/mol. The predicted octanol–water partition coefficient (Wildman–Crippen LogP) is 10.8. The molecule has 0 aromatic heterocycles. The first kappa shape index (κ1) is 69.2. The van der Waals surface area contributed by atoms with Gasteiger partial charge in [0, 0.05) is 71.7 Å². The van der Waals surface area contributed by atoms with Gasteiger partial charge in [-0.25, -0.2) is 33.7 Å². The normalized spacial score (nSPS) is 14.0. The standard InChI is InChI=1S/C63H95N5O11S4/c1-45-36-49(5)60(50(6)37-45)80(71,72)65(29-20-28-64-58(69)26-18-19-27-59(70)79-13)30-21-31-66(81(73,74)61-51(7)38-46(2)39-52(61)8)32-22-33-67(82(75,76)62-53(9)40-47(3)41-54(62)10)34-23-35-68(44-57-24-16-14-15-17-25-57)83(77,78)63-55(11)42-48(4)43-56(63)12/h36-43,57H,14-35,44H2,1-13H3,(H,64,69). The van der Waals surface area contributed by atoms with E-state index in [2.05, 4.69) is 10.1 Å². The van der Waals surface area contributed by atoms with E-state index in [1.807, 2.05) is 77.9 Å². The second-order valence-corrected chi connectivity index (χ2v) is 30.9. The third kappa shape index (κ3) is 18.5. The largest absolute Gasteiger partial charge is 0.469 e. The van der Waals surface area contributed by atoms with Crippen LogP contribution in [0.2, 0.25) is 0 Å². The van der Waals surface area contributed by atoms with Gasteiger partial charge in [-0.15, -0.1) is 0 Å². The summed E-state index contributed by atoms with van der Waals surface area (Å²) in [4.78, 5) is 25.0. The Balaban J connectivity index is 1.47. The van der Waals surface area contributed by atoms with E-state index in [4.69, 9.17) is 0 Å². The molecule has 1 saturated carbocycles. The number of nitrogens with zero attached hydrogens (tertiary/aromatic N) is 4. The molecule has 5 rings (SSSR count). The zero-order chi connectivity index (χ0) is 61.6. The van der Waals surface area contributed by atoms with Crippen LogP contribution in [0.1, 0.15) is 157 Å². The van der Waals surface area contributed by atoms with Crippen LogP contribution in [-0.4, -0.2) is 129 Å². The number of carbonyl (C=O) groups excluding carboxylic acids is 2. The first-order valence-electron chi connectivity index (χ1n) is 29.6. The number of esters is 1. The lowest BCUT2D eigenvalue weighted by atomic mass is 10.0. The summed E-state index contributed by atoms with van der Waals surface area (Å²) in [5.41, 5.74) is 8.33. The van der Waals surface area contributed by atoms with E-state index >= 15 is 16.8 Å². The van der Waals surface area contributed by atoms with Crippen LogP contribution < -0.4 is 5.32 Å². The number of nitrogens with one attached hydrogen (secondary N) is 1. The number of benzene rings is 4. The number of hydrogen-bond acceptors (Lipinski definition) is 11. The summed E-state index contributed by atoms with van der Waals surface area (Å²) >= 11 is 0. The molecule has 462 valence electrons. The van der Waals surface area contributed by atoms with Crippen molar-refractivity contribution in [3.63, 3.8) is 0 Å². The molecule has 20 heteroatoms. The lowest BCUT2D eigenvalue weighted by Crippen LogP contribution is -2.41. The van der Waals surface area contributed by atoms with E-state index < -0.39 is 40.1 Å². The van der Waals surface area contributed by atoms with E-state index in [1.165, 1.54) is 20.0 Å².